The van der Waals surface area contributed by atoms with Crippen molar-refractivity contribution in [2.45, 2.75) is 63.7 Å². The van der Waals surface area contributed by atoms with E-state index in [0.29, 0.717) is 33.0 Å². The Bertz CT molecular complexity index is 1390. The average molecular weight is 591 g/mol. The van der Waals surface area contributed by atoms with Crippen molar-refractivity contribution in [1.29, 1.82) is 0 Å². The Morgan fingerprint density at radius 2 is 1.00 bits per heavy atom. The first kappa shape index (κ1) is 31.4. The largest absolute Gasteiger partial charge is 0.487 e. The minimum Gasteiger partial charge on any atom is -0.487 e. The summed E-state index contributed by atoms with van der Waals surface area (Å²) >= 11 is 0. The summed E-state index contributed by atoms with van der Waals surface area (Å²) in [5, 5.41) is 0. The van der Waals surface area contributed by atoms with Crippen molar-refractivity contribution in [3.8, 4) is 0 Å². The molecule has 228 valence electrons. The van der Waals surface area contributed by atoms with E-state index in [0.717, 1.165) is 40.9 Å². The summed E-state index contributed by atoms with van der Waals surface area (Å²) in [5.74, 6) is 0.744. The maximum Gasteiger partial charge on any atom is 0.150 e. The monoisotopic (exact) mass is 590 g/mol. The summed E-state index contributed by atoms with van der Waals surface area (Å²) in [5.41, 5.74) is 4.34. The number of benzene rings is 4. The molecule has 5 nitrogen and oxygen atoms in total. The predicted molar refractivity (Wildman–Crippen MR) is 174 cm³/mol. The molecule has 0 saturated carbocycles. The highest BCUT2D eigenvalue weighted by Gasteiger charge is 2.46. The summed E-state index contributed by atoms with van der Waals surface area (Å²) in [7, 11) is 0. The van der Waals surface area contributed by atoms with Gasteiger partial charge >= 0.3 is 0 Å². The third-order valence-electron chi connectivity index (χ3n) is 7.51. The summed E-state index contributed by atoms with van der Waals surface area (Å²) < 4.78 is 33.1. The predicted octanol–water partition coefficient (Wildman–Crippen LogP) is 8.21. The van der Waals surface area contributed by atoms with Gasteiger partial charge in [-0.05, 0) is 41.2 Å². The van der Waals surface area contributed by atoms with E-state index in [4.69, 9.17) is 23.7 Å². The molecule has 1 aliphatic rings. The molecule has 0 bridgehead atoms. The van der Waals surface area contributed by atoms with Gasteiger partial charge in [-0.25, -0.2) is 0 Å². The van der Waals surface area contributed by atoms with Gasteiger partial charge in [0, 0.05) is 0 Å². The van der Waals surface area contributed by atoms with Crippen molar-refractivity contribution in [3.05, 3.63) is 168 Å². The van der Waals surface area contributed by atoms with Crippen LogP contribution in [0.4, 0.5) is 0 Å². The lowest BCUT2D eigenvalue weighted by atomic mass is 9.96. The second-order valence-electron chi connectivity index (χ2n) is 10.9. The first-order chi connectivity index (χ1) is 21.8. The zero-order valence-electron chi connectivity index (χ0n) is 25.2. The first-order valence-corrected chi connectivity index (χ1v) is 15.4. The quantitative estimate of drug-likeness (QED) is 0.0972. The maximum atomic E-state index is 6.76. The smallest absolute Gasteiger partial charge is 0.150 e. The molecule has 3 unspecified atom stereocenters. The van der Waals surface area contributed by atoms with Gasteiger partial charge in [0.05, 0.1) is 33.0 Å². The highest BCUT2D eigenvalue weighted by molar-refractivity contribution is 5.18. The van der Waals surface area contributed by atoms with Crippen LogP contribution >= 0.6 is 0 Å². The highest BCUT2D eigenvalue weighted by atomic mass is 16.6. The number of unbranched alkanes of at least 4 members (excludes halogenated alkanes) is 1. The molecule has 0 N–H and O–H groups in total. The van der Waals surface area contributed by atoms with Crippen LogP contribution in [-0.4, -0.2) is 31.0 Å². The SMILES string of the molecule is C=CCC/C=C1\OC(COCc2ccccc2)[C@H](OCc2ccccc2)C(OCc2ccccc2)C1OCc1ccccc1. The van der Waals surface area contributed by atoms with Crippen molar-refractivity contribution in [2.75, 3.05) is 6.61 Å². The van der Waals surface area contributed by atoms with Crippen LogP contribution in [0.3, 0.4) is 0 Å². The van der Waals surface area contributed by atoms with Crippen molar-refractivity contribution < 1.29 is 23.7 Å². The minimum atomic E-state index is -0.477. The number of allylic oxidation sites excluding steroid dienone is 2. The Labute approximate surface area is 261 Å². The van der Waals surface area contributed by atoms with Crippen LogP contribution in [0.15, 0.2) is 146 Å². The number of hydrogen-bond donors (Lipinski definition) is 0. The summed E-state index contributed by atoms with van der Waals surface area (Å²) in [6.45, 7) is 5.96. The zero-order chi connectivity index (χ0) is 30.2. The van der Waals surface area contributed by atoms with Crippen molar-refractivity contribution in [1.82, 2.24) is 0 Å². The van der Waals surface area contributed by atoms with Gasteiger partial charge in [-0.2, -0.15) is 0 Å². The van der Waals surface area contributed by atoms with Crippen molar-refractivity contribution in [3.63, 3.8) is 0 Å². The Balaban J connectivity index is 1.44. The lowest BCUT2D eigenvalue weighted by molar-refractivity contribution is -0.223. The summed E-state index contributed by atoms with van der Waals surface area (Å²) in [6.07, 6.45) is 3.84. The molecule has 1 heterocycles. The molecule has 4 atom stereocenters. The Kier molecular flexibility index (Phi) is 12.4. The van der Waals surface area contributed by atoms with Crippen molar-refractivity contribution >= 4 is 0 Å². The molecule has 1 saturated heterocycles. The van der Waals surface area contributed by atoms with Gasteiger partial charge in [0.15, 0.2) is 6.10 Å². The molecule has 4 aromatic carbocycles. The van der Waals surface area contributed by atoms with E-state index in [2.05, 4.69) is 61.2 Å². The fraction of sp³-hybridized carbons (Fsp3) is 0.282. The van der Waals surface area contributed by atoms with E-state index in [1.165, 1.54) is 0 Å². The normalized spacial score (nSPS) is 20.7. The van der Waals surface area contributed by atoms with Crippen LogP contribution in [0.5, 0.6) is 0 Å². The molecule has 1 aliphatic heterocycles. The van der Waals surface area contributed by atoms with Gasteiger partial charge in [-0.15, -0.1) is 6.58 Å². The van der Waals surface area contributed by atoms with Crippen LogP contribution in [0, 0.1) is 0 Å². The van der Waals surface area contributed by atoms with Crippen LogP contribution in [0.1, 0.15) is 35.1 Å². The highest BCUT2D eigenvalue weighted by Crippen LogP contribution is 2.33. The fourth-order valence-electron chi connectivity index (χ4n) is 5.21. The zero-order valence-corrected chi connectivity index (χ0v) is 25.2. The summed E-state index contributed by atoms with van der Waals surface area (Å²) in [4.78, 5) is 0. The molecule has 4 aromatic rings. The minimum absolute atomic E-state index is 0.337. The van der Waals surface area contributed by atoms with Crippen LogP contribution in [0.25, 0.3) is 0 Å². The number of rotatable bonds is 16. The maximum absolute atomic E-state index is 6.76. The molecular weight excluding hydrogens is 548 g/mol. The molecule has 0 amide bonds. The topological polar surface area (TPSA) is 46.2 Å². The Hall–Kier alpha value is -4.00. The van der Waals surface area contributed by atoms with E-state index in [-0.39, 0.29) is 0 Å². The van der Waals surface area contributed by atoms with Gasteiger partial charge < -0.3 is 23.7 Å². The molecule has 0 radical (unpaired) electrons. The van der Waals surface area contributed by atoms with Gasteiger partial charge in [0.2, 0.25) is 0 Å². The Morgan fingerprint density at radius 3 is 1.50 bits per heavy atom. The average Bonchev–Trinajstić information content (AvgIpc) is 3.08. The molecule has 0 aromatic heterocycles. The lowest BCUT2D eigenvalue weighted by Crippen LogP contribution is -2.56. The second-order valence-corrected chi connectivity index (χ2v) is 10.9. The van der Waals surface area contributed by atoms with Crippen molar-refractivity contribution in [2.24, 2.45) is 0 Å². The fourth-order valence-corrected chi connectivity index (χ4v) is 5.21. The standard InChI is InChI=1S/C39H42O5/c1-2-3-8-25-35-37(41-27-32-19-11-5-12-20-32)39(43-29-34-23-15-7-16-24-34)38(42-28-33-21-13-6-14-22-33)36(44-35)30-40-26-31-17-9-4-10-18-31/h2,4-7,9-25,36-39H,1,3,8,26-30H2/b35-25-/t36?,37?,38-,39?/m0/s1. The molecule has 0 aliphatic carbocycles. The van der Waals surface area contributed by atoms with Gasteiger partial charge in [-0.3, -0.25) is 0 Å². The number of ether oxygens (including phenoxy) is 5. The molecule has 0 spiro atoms. The van der Waals surface area contributed by atoms with Gasteiger partial charge in [0.25, 0.3) is 0 Å². The van der Waals surface area contributed by atoms with E-state index in [1.807, 2.05) is 78.9 Å². The van der Waals surface area contributed by atoms with Crippen LogP contribution in [-0.2, 0) is 50.1 Å². The van der Waals surface area contributed by atoms with E-state index < -0.39 is 24.4 Å². The van der Waals surface area contributed by atoms with Gasteiger partial charge in [0.1, 0.15) is 24.1 Å². The number of hydrogen-bond acceptors (Lipinski definition) is 5. The summed E-state index contributed by atoms with van der Waals surface area (Å²) in [6, 6.07) is 40.7. The molecular formula is C39H42O5. The second kappa shape index (κ2) is 17.3. The molecule has 44 heavy (non-hydrogen) atoms. The molecule has 5 heteroatoms. The third-order valence-corrected chi connectivity index (χ3v) is 7.51. The lowest BCUT2D eigenvalue weighted by Gasteiger charge is -2.43. The first-order valence-electron chi connectivity index (χ1n) is 15.4. The van der Waals surface area contributed by atoms with E-state index >= 15 is 0 Å². The van der Waals surface area contributed by atoms with Crippen LogP contribution < -0.4 is 0 Å². The van der Waals surface area contributed by atoms with E-state index in [1.54, 1.807) is 0 Å². The molecule has 5 rings (SSSR count). The van der Waals surface area contributed by atoms with E-state index in [9.17, 15) is 0 Å². The third kappa shape index (κ3) is 9.50. The van der Waals surface area contributed by atoms with Gasteiger partial charge in [-0.1, -0.05) is 127 Å². The molecule has 1 fully saturated rings. The Morgan fingerprint density at radius 1 is 0.545 bits per heavy atom. The van der Waals surface area contributed by atoms with Crippen LogP contribution in [0.2, 0.25) is 0 Å².